The fraction of sp³-hybridized carbons (Fsp3) is 0.429. The first-order valence-corrected chi connectivity index (χ1v) is 13.4. The molecule has 0 spiro atoms. The van der Waals surface area contributed by atoms with Gasteiger partial charge in [-0.15, -0.1) is 11.3 Å². The molecule has 1 amide bonds. The molecule has 3 atom stereocenters. The molecule has 3 N–H and O–H groups in total. The number of halogens is 2. The normalized spacial score (nSPS) is 19.3. The quantitative estimate of drug-likeness (QED) is 0.365. The van der Waals surface area contributed by atoms with E-state index in [0.717, 1.165) is 29.7 Å². The zero-order valence-corrected chi connectivity index (χ0v) is 22.2. The van der Waals surface area contributed by atoms with Crippen molar-refractivity contribution in [3.63, 3.8) is 0 Å². The summed E-state index contributed by atoms with van der Waals surface area (Å²) in [6.07, 6.45) is 1.71. The van der Waals surface area contributed by atoms with Gasteiger partial charge in [0.25, 0.3) is 0 Å². The molecule has 0 aliphatic carbocycles. The van der Waals surface area contributed by atoms with Crippen molar-refractivity contribution >= 4 is 22.4 Å². The summed E-state index contributed by atoms with van der Waals surface area (Å²) in [6, 6.07) is 11.0. The molecule has 2 heterocycles. The number of benzene rings is 2. The predicted octanol–water partition coefficient (Wildman–Crippen LogP) is 4.35. The number of anilines is 1. The summed E-state index contributed by atoms with van der Waals surface area (Å²) >= 11 is 1.59. The summed E-state index contributed by atoms with van der Waals surface area (Å²) in [5.74, 6) is -1.34. The summed E-state index contributed by atoms with van der Waals surface area (Å²) in [4.78, 5) is 18.6. The standard InChI is InChI=1S/C28H34F2N4O2S/c1-18(2)21-5-4-6-22(14-21)28(7-9-34(17-28)27-31-8-10-37-27)32-16-26(36)25(33-19(3)35)13-20-11-23(29)15-24(30)12-20/h4-6,8,10-12,14-15,18,25-26,32,36H,7,9,13,16-17H2,1-3H3,(H,33,35)/t25-,26+,28?/m0/s1. The Labute approximate surface area is 220 Å². The number of carbonyl (C=O) groups is 1. The second kappa shape index (κ2) is 11.7. The van der Waals surface area contributed by atoms with Crippen LogP contribution in [0.1, 0.15) is 49.8 Å². The Morgan fingerprint density at radius 2 is 1.97 bits per heavy atom. The van der Waals surface area contributed by atoms with E-state index in [1.807, 2.05) is 5.38 Å². The Balaban J connectivity index is 1.57. The van der Waals surface area contributed by atoms with Crippen LogP contribution in [0.4, 0.5) is 13.9 Å². The maximum absolute atomic E-state index is 13.8. The molecular weight excluding hydrogens is 494 g/mol. The first-order valence-electron chi connectivity index (χ1n) is 12.6. The average Bonchev–Trinajstić information content (AvgIpc) is 3.52. The highest BCUT2D eigenvalue weighted by molar-refractivity contribution is 7.13. The maximum Gasteiger partial charge on any atom is 0.217 e. The summed E-state index contributed by atoms with van der Waals surface area (Å²) in [5.41, 5.74) is 2.29. The highest BCUT2D eigenvalue weighted by Gasteiger charge is 2.41. The van der Waals surface area contributed by atoms with Crippen LogP contribution in [0.3, 0.4) is 0 Å². The lowest BCUT2D eigenvalue weighted by molar-refractivity contribution is -0.120. The molecule has 1 fully saturated rings. The van der Waals surface area contributed by atoms with Gasteiger partial charge in [-0.05, 0) is 47.6 Å². The maximum atomic E-state index is 13.8. The van der Waals surface area contributed by atoms with E-state index in [2.05, 4.69) is 58.6 Å². The van der Waals surface area contributed by atoms with Crippen LogP contribution in [0.25, 0.3) is 0 Å². The molecular formula is C28H34F2N4O2S. The number of thiazole rings is 1. The van der Waals surface area contributed by atoms with Crippen LogP contribution < -0.4 is 15.5 Å². The smallest absolute Gasteiger partial charge is 0.217 e. The summed E-state index contributed by atoms with van der Waals surface area (Å²) in [7, 11) is 0. The molecule has 6 nitrogen and oxygen atoms in total. The van der Waals surface area contributed by atoms with Crippen molar-refractivity contribution in [2.45, 2.75) is 57.2 Å². The lowest BCUT2D eigenvalue weighted by Crippen LogP contribution is -2.53. The number of carbonyl (C=O) groups excluding carboxylic acids is 1. The third-order valence-electron chi connectivity index (χ3n) is 6.95. The predicted molar refractivity (Wildman–Crippen MR) is 143 cm³/mol. The van der Waals surface area contributed by atoms with E-state index in [4.69, 9.17) is 0 Å². The Bertz CT molecular complexity index is 1190. The van der Waals surface area contributed by atoms with Gasteiger partial charge in [0.05, 0.1) is 17.7 Å². The van der Waals surface area contributed by atoms with Crippen LogP contribution in [0.2, 0.25) is 0 Å². The van der Waals surface area contributed by atoms with Gasteiger partial charge >= 0.3 is 0 Å². The van der Waals surface area contributed by atoms with Crippen LogP contribution in [-0.2, 0) is 16.8 Å². The highest BCUT2D eigenvalue weighted by atomic mass is 32.1. The van der Waals surface area contributed by atoms with E-state index in [1.54, 1.807) is 17.5 Å². The van der Waals surface area contributed by atoms with Crippen molar-refractivity contribution in [1.29, 1.82) is 0 Å². The van der Waals surface area contributed by atoms with Gasteiger partial charge in [0.2, 0.25) is 5.91 Å². The lowest BCUT2D eigenvalue weighted by Gasteiger charge is -2.34. The van der Waals surface area contributed by atoms with Crippen LogP contribution in [0, 0.1) is 11.6 Å². The van der Waals surface area contributed by atoms with Gasteiger partial charge < -0.3 is 20.6 Å². The van der Waals surface area contributed by atoms with Crippen molar-refractivity contribution < 1.29 is 18.7 Å². The largest absolute Gasteiger partial charge is 0.390 e. The van der Waals surface area contributed by atoms with E-state index >= 15 is 0 Å². The van der Waals surface area contributed by atoms with Gasteiger partial charge in [-0.2, -0.15) is 0 Å². The SMILES string of the molecule is CC(=O)N[C@@H](Cc1cc(F)cc(F)c1)[C@H](O)CNC1(c2cccc(C(C)C)c2)CCN(c2nccs2)C1. The number of aliphatic hydroxyl groups excluding tert-OH is 1. The Hall–Kier alpha value is -2.88. The molecule has 1 aliphatic rings. The zero-order valence-electron chi connectivity index (χ0n) is 21.4. The second-order valence-corrected chi connectivity index (χ2v) is 11.0. The van der Waals surface area contributed by atoms with Gasteiger partial charge in [-0.1, -0.05) is 38.1 Å². The van der Waals surface area contributed by atoms with E-state index < -0.39 is 29.3 Å². The van der Waals surface area contributed by atoms with Crippen molar-refractivity contribution in [1.82, 2.24) is 15.6 Å². The molecule has 1 unspecified atom stereocenters. The number of rotatable bonds is 10. The molecule has 1 saturated heterocycles. The fourth-order valence-electron chi connectivity index (χ4n) is 4.99. The average molecular weight is 529 g/mol. The monoisotopic (exact) mass is 528 g/mol. The molecule has 2 aromatic carbocycles. The molecule has 9 heteroatoms. The van der Waals surface area contributed by atoms with Gasteiger partial charge in [0, 0.05) is 44.2 Å². The van der Waals surface area contributed by atoms with Gasteiger partial charge in [0.15, 0.2) is 5.13 Å². The van der Waals surface area contributed by atoms with Gasteiger partial charge in [0.1, 0.15) is 11.6 Å². The van der Waals surface area contributed by atoms with E-state index in [1.165, 1.54) is 24.6 Å². The fourth-order valence-corrected chi connectivity index (χ4v) is 5.66. The van der Waals surface area contributed by atoms with Crippen LogP contribution in [-0.4, -0.2) is 47.8 Å². The van der Waals surface area contributed by atoms with Crippen molar-refractivity contribution in [3.05, 3.63) is 82.4 Å². The number of nitrogens with zero attached hydrogens (tertiary/aromatic N) is 2. The van der Waals surface area contributed by atoms with E-state index in [-0.39, 0.29) is 18.9 Å². The van der Waals surface area contributed by atoms with Crippen molar-refractivity contribution in [2.24, 2.45) is 0 Å². The molecule has 0 saturated carbocycles. The number of amides is 1. The molecule has 198 valence electrons. The number of aliphatic hydroxyl groups is 1. The summed E-state index contributed by atoms with van der Waals surface area (Å²) in [6.45, 7) is 7.34. The molecule has 0 bridgehead atoms. The topological polar surface area (TPSA) is 77.5 Å². The number of hydrogen-bond acceptors (Lipinski definition) is 6. The summed E-state index contributed by atoms with van der Waals surface area (Å²) < 4.78 is 27.5. The van der Waals surface area contributed by atoms with Gasteiger partial charge in [-0.3, -0.25) is 4.79 Å². The minimum atomic E-state index is -0.991. The number of hydrogen-bond donors (Lipinski definition) is 3. The first-order chi connectivity index (χ1) is 17.6. The Morgan fingerprint density at radius 1 is 1.22 bits per heavy atom. The highest BCUT2D eigenvalue weighted by Crippen LogP contribution is 2.36. The Kier molecular flexibility index (Phi) is 8.56. The van der Waals surface area contributed by atoms with Crippen LogP contribution in [0.5, 0.6) is 0 Å². The zero-order chi connectivity index (χ0) is 26.6. The molecule has 1 aromatic heterocycles. The minimum absolute atomic E-state index is 0.0954. The third kappa shape index (κ3) is 6.71. The lowest BCUT2D eigenvalue weighted by atomic mass is 9.86. The summed E-state index contributed by atoms with van der Waals surface area (Å²) in [5, 5.41) is 20.5. The van der Waals surface area contributed by atoms with E-state index in [0.29, 0.717) is 18.0 Å². The molecule has 0 radical (unpaired) electrons. The van der Waals surface area contributed by atoms with Gasteiger partial charge in [-0.25, -0.2) is 13.8 Å². The van der Waals surface area contributed by atoms with Crippen LogP contribution >= 0.6 is 11.3 Å². The Morgan fingerprint density at radius 3 is 2.62 bits per heavy atom. The van der Waals surface area contributed by atoms with Crippen molar-refractivity contribution in [2.75, 3.05) is 24.5 Å². The van der Waals surface area contributed by atoms with Crippen molar-refractivity contribution in [3.8, 4) is 0 Å². The first kappa shape index (κ1) is 27.2. The van der Waals surface area contributed by atoms with Crippen LogP contribution in [0.15, 0.2) is 54.0 Å². The number of nitrogens with one attached hydrogen (secondary N) is 2. The minimum Gasteiger partial charge on any atom is -0.390 e. The molecule has 1 aliphatic heterocycles. The third-order valence-corrected chi connectivity index (χ3v) is 7.78. The molecule has 37 heavy (non-hydrogen) atoms. The molecule has 3 aromatic rings. The number of aromatic nitrogens is 1. The van der Waals surface area contributed by atoms with E-state index in [9.17, 15) is 18.7 Å². The molecule has 4 rings (SSSR count). The second-order valence-electron chi connectivity index (χ2n) is 10.1.